The molecule has 4 rings (SSSR count). The van der Waals surface area contributed by atoms with E-state index in [0.29, 0.717) is 0 Å². The summed E-state index contributed by atoms with van der Waals surface area (Å²) >= 11 is 0. The van der Waals surface area contributed by atoms with E-state index in [4.69, 9.17) is 0 Å². The van der Waals surface area contributed by atoms with Crippen LogP contribution in [0.5, 0.6) is 0 Å². The van der Waals surface area contributed by atoms with Gasteiger partial charge in [-0.05, 0) is 59.7 Å². The Balaban J connectivity index is 1.62. The molecule has 3 aromatic rings. The average Bonchev–Trinajstić information content (AvgIpc) is 2.68. The first-order chi connectivity index (χ1) is 12.7. The lowest BCUT2D eigenvalue weighted by molar-refractivity contribution is 0.438. The molecule has 0 unspecified atom stereocenters. The Morgan fingerprint density at radius 3 is 2.62 bits per heavy atom. The Kier molecular flexibility index (Phi) is 4.75. The van der Waals surface area contributed by atoms with Crippen molar-refractivity contribution >= 4 is 28.6 Å². The van der Waals surface area contributed by atoms with Crippen molar-refractivity contribution in [3.05, 3.63) is 71.5 Å². The number of anilines is 1. The van der Waals surface area contributed by atoms with E-state index in [1.165, 1.54) is 40.4 Å². The Bertz CT molecular complexity index is 929. The molecule has 0 atom stereocenters. The molecule has 0 bridgehead atoms. The predicted octanol–water partition coefficient (Wildman–Crippen LogP) is 5.95. The number of hydrogen-bond acceptors (Lipinski definition) is 2. The molecule has 132 valence electrons. The molecule has 0 radical (unpaired) electrons. The Morgan fingerprint density at radius 2 is 1.77 bits per heavy atom. The van der Waals surface area contributed by atoms with E-state index in [1.54, 1.807) is 0 Å². The standard InChI is InChI=1S/C24H26N2/c1-18-12-14-26(15-13-18)24-16-22(25-17-19(24)2)11-10-21-8-5-7-20-6-3-4-9-23(20)21/h3-11,16-18H,12-15H2,1-2H3/b11-10+. The normalized spacial score (nSPS) is 15.8. The van der Waals surface area contributed by atoms with Crippen molar-refractivity contribution in [2.75, 3.05) is 18.0 Å². The third kappa shape index (κ3) is 3.50. The summed E-state index contributed by atoms with van der Waals surface area (Å²) in [5, 5.41) is 2.55. The molecule has 0 aliphatic carbocycles. The van der Waals surface area contributed by atoms with Crippen LogP contribution in [0.2, 0.25) is 0 Å². The number of aromatic nitrogens is 1. The van der Waals surface area contributed by atoms with Crippen LogP contribution in [-0.2, 0) is 0 Å². The molecule has 2 aromatic carbocycles. The van der Waals surface area contributed by atoms with Crippen molar-refractivity contribution in [2.45, 2.75) is 26.7 Å². The molecular formula is C24H26N2. The summed E-state index contributed by atoms with van der Waals surface area (Å²) < 4.78 is 0. The molecule has 0 saturated carbocycles. The maximum absolute atomic E-state index is 4.63. The number of hydrogen-bond donors (Lipinski definition) is 0. The molecule has 1 saturated heterocycles. The van der Waals surface area contributed by atoms with Gasteiger partial charge in [-0.25, -0.2) is 0 Å². The van der Waals surface area contributed by atoms with Crippen molar-refractivity contribution < 1.29 is 0 Å². The maximum Gasteiger partial charge on any atom is 0.0650 e. The molecule has 2 nitrogen and oxygen atoms in total. The van der Waals surface area contributed by atoms with Crippen LogP contribution in [0.25, 0.3) is 22.9 Å². The zero-order valence-electron chi connectivity index (χ0n) is 15.7. The van der Waals surface area contributed by atoms with Crippen molar-refractivity contribution in [3.8, 4) is 0 Å². The topological polar surface area (TPSA) is 16.1 Å². The monoisotopic (exact) mass is 342 g/mol. The molecule has 0 amide bonds. The minimum atomic E-state index is 0.846. The highest BCUT2D eigenvalue weighted by molar-refractivity contribution is 5.92. The molecule has 2 heteroatoms. The van der Waals surface area contributed by atoms with Crippen LogP contribution in [0.4, 0.5) is 5.69 Å². The van der Waals surface area contributed by atoms with E-state index in [-0.39, 0.29) is 0 Å². The third-order valence-corrected chi connectivity index (χ3v) is 5.48. The SMILES string of the molecule is Cc1cnc(/C=C/c2cccc3ccccc23)cc1N1CCC(C)CC1. The molecule has 2 heterocycles. The molecule has 26 heavy (non-hydrogen) atoms. The number of pyridine rings is 1. The van der Waals surface area contributed by atoms with Crippen LogP contribution < -0.4 is 4.90 Å². The smallest absolute Gasteiger partial charge is 0.0650 e. The van der Waals surface area contributed by atoms with Crippen molar-refractivity contribution in [1.82, 2.24) is 4.98 Å². The summed E-state index contributed by atoms with van der Waals surface area (Å²) in [4.78, 5) is 7.15. The average molecular weight is 342 g/mol. The number of aryl methyl sites for hydroxylation is 1. The van der Waals surface area contributed by atoms with Gasteiger partial charge in [-0.3, -0.25) is 4.98 Å². The van der Waals surface area contributed by atoms with Gasteiger partial charge in [-0.1, -0.05) is 55.5 Å². The van der Waals surface area contributed by atoms with Crippen LogP contribution in [0.1, 0.15) is 36.6 Å². The fraction of sp³-hybridized carbons (Fsp3) is 0.292. The van der Waals surface area contributed by atoms with Gasteiger partial charge in [-0.15, -0.1) is 0 Å². The molecule has 1 fully saturated rings. The number of piperidine rings is 1. The van der Waals surface area contributed by atoms with Gasteiger partial charge in [0.15, 0.2) is 0 Å². The van der Waals surface area contributed by atoms with Crippen LogP contribution in [0.3, 0.4) is 0 Å². The highest BCUT2D eigenvalue weighted by atomic mass is 15.1. The number of fused-ring (bicyclic) bond motifs is 1. The van der Waals surface area contributed by atoms with Crippen LogP contribution in [0, 0.1) is 12.8 Å². The number of rotatable bonds is 3. The van der Waals surface area contributed by atoms with E-state index in [2.05, 4.69) is 84.4 Å². The summed E-state index contributed by atoms with van der Waals surface area (Å²) in [6, 6.07) is 17.2. The molecule has 1 aliphatic rings. The zero-order valence-corrected chi connectivity index (χ0v) is 15.7. The van der Waals surface area contributed by atoms with Crippen molar-refractivity contribution in [3.63, 3.8) is 0 Å². The molecule has 1 aromatic heterocycles. The maximum atomic E-state index is 4.63. The Morgan fingerprint density at radius 1 is 1.00 bits per heavy atom. The first kappa shape index (κ1) is 16.8. The first-order valence-corrected chi connectivity index (χ1v) is 9.58. The lowest BCUT2D eigenvalue weighted by Crippen LogP contribution is -2.33. The van der Waals surface area contributed by atoms with Gasteiger partial charge in [0.25, 0.3) is 0 Å². The Labute approximate surface area is 156 Å². The van der Waals surface area contributed by atoms with Gasteiger partial charge in [-0.2, -0.15) is 0 Å². The first-order valence-electron chi connectivity index (χ1n) is 9.58. The quantitative estimate of drug-likeness (QED) is 0.584. The van der Waals surface area contributed by atoms with E-state index in [9.17, 15) is 0 Å². The van der Waals surface area contributed by atoms with E-state index in [0.717, 1.165) is 24.7 Å². The van der Waals surface area contributed by atoms with Crippen LogP contribution >= 0.6 is 0 Å². The summed E-state index contributed by atoms with van der Waals surface area (Å²) in [7, 11) is 0. The zero-order chi connectivity index (χ0) is 17.9. The predicted molar refractivity (Wildman–Crippen MR) is 112 cm³/mol. The van der Waals surface area contributed by atoms with Gasteiger partial charge in [0.05, 0.1) is 5.69 Å². The third-order valence-electron chi connectivity index (χ3n) is 5.48. The van der Waals surface area contributed by atoms with E-state index in [1.807, 2.05) is 6.20 Å². The summed E-state index contributed by atoms with van der Waals surface area (Å²) in [5.41, 5.74) is 4.86. The second kappa shape index (κ2) is 7.33. The summed E-state index contributed by atoms with van der Waals surface area (Å²) in [6.45, 7) is 6.82. The fourth-order valence-electron chi connectivity index (χ4n) is 3.78. The number of nitrogens with zero attached hydrogens (tertiary/aromatic N) is 2. The lowest BCUT2D eigenvalue weighted by Gasteiger charge is -2.33. The molecular weight excluding hydrogens is 316 g/mol. The fourth-order valence-corrected chi connectivity index (χ4v) is 3.78. The summed E-state index contributed by atoms with van der Waals surface area (Å²) in [5.74, 6) is 0.846. The largest absolute Gasteiger partial charge is 0.371 e. The van der Waals surface area contributed by atoms with Crippen LogP contribution in [-0.4, -0.2) is 18.1 Å². The van der Waals surface area contributed by atoms with E-state index >= 15 is 0 Å². The van der Waals surface area contributed by atoms with Gasteiger partial charge < -0.3 is 4.90 Å². The van der Waals surface area contributed by atoms with Crippen LogP contribution in [0.15, 0.2) is 54.7 Å². The van der Waals surface area contributed by atoms with E-state index < -0.39 is 0 Å². The highest BCUT2D eigenvalue weighted by Gasteiger charge is 2.17. The number of benzene rings is 2. The molecule has 0 spiro atoms. The van der Waals surface area contributed by atoms with Gasteiger partial charge >= 0.3 is 0 Å². The van der Waals surface area contributed by atoms with Gasteiger partial charge in [0, 0.05) is 25.0 Å². The Hall–Kier alpha value is -2.61. The second-order valence-electron chi connectivity index (χ2n) is 7.47. The minimum absolute atomic E-state index is 0.846. The minimum Gasteiger partial charge on any atom is -0.371 e. The van der Waals surface area contributed by atoms with Crippen molar-refractivity contribution in [1.29, 1.82) is 0 Å². The second-order valence-corrected chi connectivity index (χ2v) is 7.47. The molecule has 1 aliphatic heterocycles. The highest BCUT2D eigenvalue weighted by Crippen LogP contribution is 2.27. The lowest BCUT2D eigenvalue weighted by atomic mass is 9.98. The van der Waals surface area contributed by atoms with Crippen molar-refractivity contribution in [2.24, 2.45) is 5.92 Å². The van der Waals surface area contributed by atoms with Gasteiger partial charge in [0.1, 0.15) is 0 Å². The van der Waals surface area contributed by atoms with Gasteiger partial charge in [0.2, 0.25) is 0 Å². The summed E-state index contributed by atoms with van der Waals surface area (Å²) in [6.07, 6.45) is 8.89. The molecule has 0 N–H and O–H groups in total.